The summed E-state index contributed by atoms with van der Waals surface area (Å²) < 4.78 is 13.9. The fourth-order valence-electron chi connectivity index (χ4n) is 1.80. The van der Waals surface area contributed by atoms with E-state index in [1.54, 1.807) is 6.92 Å². The highest BCUT2D eigenvalue weighted by atomic mass is 79.9. The van der Waals surface area contributed by atoms with Crippen molar-refractivity contribution < 1.29 is 19.1 Å². The molecule has 20 heavy (non-hydrogen) atoms. The van der Waals surface area contributed by atoms with Crippen LogP contribution in [-0.2, 0) is 0 Å². The molecule has 0 unspecified atom stereocenters. The number of anilines is 1. The first-order valence-electron chi connectivity index (χ1n) is 5.58. The molecule has 2 aromatic rings. The monoisotopic (exact) mass is 340 g/mol. The van der Waals surface area contributed by atoms with Gasteiger partial charge in [-0.3, -0.25) is 4.79 Å². The van der Waals surface area contributed by atoms with E-state index in [9.17, 15) is 14.0 Å². The zero-order chi connectivity index (χ0) is 14.9. The normalized spacial score (nSPS) is 10.3. The standard InChI is InChI=1S/C13H10BrFN2O3/c1-6-10(13(19)20)9(5-16-6)17-12(18)11-7(14)3-2-4-8(11)15/h2-5,16H,1H3,(H,17,18)(H,19,20). The molecule has 1 aromatic heterocycles. The van der Waals surface area contributed by atoms with Crippen molar-refractivity contribution in [2.75, 3.05) is 5.32 Å². The van der Waals surface area contributed by atoms with Gasteiger partial charge in [0.2, 0.25) is 0 Å². The molecule has 5 nitrogen and oxygen atoms in total. The molecule has 0 atom stereocenters. The Morgan fingerprint density at radius 1 is 1.35 bits per heavy atom. The van der Waals surface area contributed by atoms with Crippen molar-refractivity contribution in [2.45, 2.75) is 6.92 Å². The number of carbonyl (C=O) groups is 2. The van der Waals surface area contributed by atoms with Gasteiger partial charge < -0.3 is 15.4 Å². The van der Waals surface area contributed by atoms with Gasteiger partial charge in [0.1, 0.15) is 11.4 Å². The Kier molecular flexibility index (Phi) is 3.89. The van der Waals surface area contributed by atoms with Crippen molar-refractivity contribution in [3.63, 3.8) is 0 Å². The summed E-state index contributed by atoms with van der Waals surface area (Å²) in [5, 5.41) is 11.5. The van der Waals surface area contributed by atoms with Crippen LogP contribution < -0.4 is 5.32 Å². The summed E-state index contributed by atoms with van der Waals surface area (Å²) >= 11 is 3.09. The number of nitrogens with one attached hydrogen (secondary N) is 2. The highest BCUT2D eigenvalue weighted by Gasteiger charge is 2.20. The van der Waals surface area contributed by atoms with E-state index in [4.69, 9.17) is 5.11 Å². The van der Waals surface area contributed by atoms with Gasteiger partial charge in [-0.15, -0.1) is 0 Å². The van der Waals surface area contributed by atoms with Crippen molar-refractivity contribution in [3.8, 4) is 0 Å². The van der Waals surface area contributed by atoms with Crippen LogP contribution in [0.3, 0.4) is 0 Å². The lowest BCUT2D eigenvalue weighted by molar-refractivity contribution is 0.0697. The third-order valence-corrected chi connectivity index (χ3v) is 3.39. The number of carboxylic acid groups (broad SMARTS) is 1. The number of hydrogen-bond acceptors (Lipinski definition) is 2. The SMILES string of the molecule is Cc1[nH]cc(NC(=O)c2c(F)cccc2Br)c1C(=O)O. The van der Waals surface area contributed by atoms with Crippen LogP contribution >= 0.6 is 15.9 Å². The van der Waals surface area contributed by atoms with Crippen LogP contribution in [0.15, 0.2) is 28.9 Å². The van der Waals surface area contributed by atoms with E-state index in [1.807, 2.05) is 0 Å². The van der Waals surface area contributed by atoms with Crippen molar-refractivity contribution >= 4 is 33.5 Å². The highest BCUT2D eigenvalue weighted by Crippen LogP contribution is 2.23. The number of benzene rings is 1. The van der Waals surface area contributed by atoms with Crippen LogP contribution in [0.2, 0.25) is 0 Å². The van der Waals surface area contributed by atoms with Gasteiger partial charge in [0, 0.05) is 16.4 Å². The molecule has 2 rings (SSSR count). The summed E-state index contributed by atoms with van der Waals surface area (Å²) in [6.07, 6.45) is 1.35. The molecule has 3 N–H and O–H groups in total. The van der Waals surface area contributed by atoms with Gasteiger partial charge in [0.25, 0.3) is 5.91 Å². The quantitative estimate of drug-likeness (QED) is 0.802. The molecule has 0 bridgehead atoms. The number of amides is 1. The second-order valence-corrected chi connectivity index (χ2v) is 4.91. The van der Waals surface area contributed by atoms with Crippen molar-refractivity contribution in [1.29, 1.82) is 0 Å². The van der Waals surface area contributed by atoms with Gasteiger partial charge in [-0.25, -0.2) is 9.18 Å². The molecule has 0 fully saturated rings. The fraction of sp³-hybridized carbons (Fsp3) is 0.0769. The lowest BCUT2D eigenvalue weighted by Crippen LogP contribution is -2.16. The number of aromatic carboxylic acids is 1. The third kappa shape index (κ3) is 2.57. The van der Waals surface area contributed by atoms with Gasteiger partial charge in [-0.05, 0) is 35.0 Å². The van der Waals surface area contributed by atoms with E-state index >= 15 is 0 Å². The number of aromatic nitrogens is 1. The molecule has 0 saturated heterocycles. The van der Waals surface area contributed by atoms with E-state index in [-0.39, 0.29) is 16.8 Å². The summed E-state index contributed by atoms with van der Waals surface area (Å²) in [4.78, 5) is 25.9. The second kappa shape index (κ2) is 5.46. The predicted octanol–water partition coefficient (Wildman–Crippen LogP) is 3.18. The van der Waals surface area contributed by atoms with E-state index in [1.165, 1.54) is 18.3 Å². The first kappa shape index (κ1) is 14.3. The Balaban J connectivity index is 2.36. The lowest BCUT2D eigenvalue weighted by Gasteiger charge is -2.07. The summed E-state index contributed by atoms with van der Waals surface area (Å²) in [5.74, 6) is -2.59. The zero-order valence-corrected chi connectivity index (χ0v) is 11.9. The van der Waals surface area contributed by atoms with Crippen LogP contribution in [0, 0.1) is 12.7 Å². The smallest absolute Gasteiger partial charge is 0.339 e. The second-order valence-electron chi connectivity index (χ2n) is 4.06. The Labute approximate surface area is 121 Å². The average Bonchev–Trinajstić information content (AvgIpc) is 2.70. The maximum absolute atomic E-state index is 13.7. The van der Waals surface area contributed by atoms with Crippen LogP contribution in [0.25, 0.3) is 0 Å². The molecule has 1 heterocycles. The molecular formula is C13H10BrFN2O3. The Hall–Kier alpha value is -2.15. The molecule has 0 spiro atoms. The number of carbonyl (C=O) groups excluding carboxylic acids is 1. The lowest BCUT2D eigenvalue weighted by atomic mass is 10.2. The van der Waals surface area contributed by atoms with Crippen molar-refractivity contribution in [3.05, 3.63) is 51.5 Å². The minimum atomic E-state index is -1.17. The first-order valence-corrected chi connectivity index (χ1v) is 6.37. The van der Waals surface area contributed by atoms with Crippen LogP contribution in [0.5, 0.6) is 0 Å². The van der Waals surface area contributed by atoms with E-state index in [2.05, 4.69) is 26.2 Å². The summed E-state index contributed by atoms with van der Waals surface area (Å²) in [7, 11) is 0. The Morgan fingerprint density at radius 3 is 2.65 bits per heavy atom. The summed E-state index contributed by atoms with van der Waals surface area (Å²) in [5.41, 5.74) is 0.268. The van der Waals surface area contributed by atoms with Crippen LogP contribution in [0.4, 0.5) is 10.1 Å². The maximum Gasteiger partial charge on any atom is 0.339 e. The zero-order valence-electron chi connectivity index (χ0n) is 10.3. The predicted molar refractivity (Wildman–Crippen MR) is 74.5 cm³/mol. The van der Waals surface area contributed by atoms with Crippen LogP contribution in [-0.4, -0.2) is 22.0 Å². The Bertz CT molecular complexity index is 677. The van der Waals surface area contributed by atoms with Gasteiger partial charge in [0.15, 0.2) is 0 Å². The molecule has 0 radical (unpaired) electrons. The van der Waals surface area contributed by atoms with Crippen LogP contribution in [0.1, 0.15) is 26.4 Å². The van der Waals surface area contributed by atoms with Gasteiger partial charge in [-0.2, -0.15) is 0 Å². The molecule has 104 valence electrons. The third-order valence-electron chi connectivity index (χ3n) is 2.73. The van der Waals surface area contributed by atoms with Gasteiger partial charge >= 0.3 is 5.97 Å². The molecule has 1 amide bonds. The highest BCUT2D eigenvalue weighted by molar-refractivity contribution is 9.10. The summed E-state index contributed by atoms with van der Waals surface area (Å²) in [6, 6.07) is 4.14. The molecule has 1 aromatic carbocycles. The van der Waals surface area contributed by atoms with Gasteiger partial charge in [-0.1, -0.05) is 6.07 Å². The number of aryl methyl sites for hydroxylation is 1. The minimum Gasteiger partial charge on any atom is -0.478 e. The van der Waals surface area contributed by atoms with Crippen molar-refractivity contribution in [1.82, 2.24) is 4.98 Å². The van der Waals surface area contributed by atoms with E-state index in [0.29, 0.717) is 10.2 Å². The number of hydrogen-bond donors (Lipinski definition) is 3. The molecule has 0 aliphatic heterocycles. The molecular weight excluding hydrogens is 331 g/mol. The maximum atomic E-state index is 13.7. The fourth-order valence-corrected chi connectivity index (χ4v) is 2.32. The number of halogens is 2. The molecule has 0 aliphatic rings. The topological polar surface area (TPSA) is 82.2 Å². The largest absolute Gasteiger partial charge is 0.478 e. The Morgan fingerprint density at radius 2 is 2.05 bits per heavy atom. The number of H-pyrrole nitrogens is 1. The van der Waals surface area contributed by atoms with Gasteiger partial charge in [0.05, 0.1) is 11.3 Å². The summed E-state index contributed by atoms with van der Waals surface area (Å²) in [6.45, 7) is 1.57. The molecule has 0 aliphatic carbocycles. The number of rotatable bonds is 3. The van der Waals surface area contributed by atoms with E-state index < -0.39 is 17.7 Å². The molecule has 7 heteroatoms. The number of carboxylic acids is 1. The van der Waals surface area contributed by atoms with Crippen molar-refractivity contribution in [2.24, 2.45) is 0 Å². The number of aromatic amines is 1. The average molecular weight is 341 g/mol. The minimum absolute atomic E-state index is 0.0502. The molecule has 0 saturated carbocycles. The first-order chi connectivity index (χ1) is 9.41. The van der Waals surface area contributed by atoms with E-state index in [0.717, 1.165) is 6.07 Å².